The highest BCUT2D eigenvalue weighted by atomic mass is 79.9. The Bertz CT molecular complexity index is 494. The number of hydrogen-bond acceptors (Lipinski definition) is 4. The minimum atomic E-state index is -1.13. The first-order valence-corrected chi connectivity index (χ1v) is 6.18. The van der Waals surface area contributed by atoms with Crippen LogP contribution in [-0.4, -0.2) is 33.8 Å². The molecule has 1 aliphatic heterocycles. The maximum atomic E-state index is 11.6. The normalized spacial score (nSPS) is 19.8. The first kappa shape index (κ1) is 12.4. The summed E-state index contributed by atoms with van der Waals surface area (Å²) in [7, 11) is 0. The van der Waals surface area contributed by atoms with Crippen LogP contribution in [0.25, 0.3) is 0 Å². The van der Waals surface area contributed by atoms with E-state index in [2.05, 4.69) is 33.5 Å². The minimum absolute atomic E-state index is 0.0266. The minimum Gasteiger partial charge on any atom is -0.476 e. The highest BCUT2D eigenvalue weighted by Crippen LogP contribution is 2.25. The van der Waals surface area contributed by atoms with Crippen molar-refractivity contribution >= 4 is 46.3 Å². The van der Waals surface area contributed by atoms with Crippen LogP contribution in [0.5, 0.6) is 0 Å². The number of carbonyl (C=O) groups is 2. The Kier molecular flexibility index (Phi) is 3.39. The molecule has 1 atom stereocenters. The molecule has 0 saturated carbocycles. The van der Waals surface area contributed by atoms with Gasteiger partial charge in [-0.1, -0.05) is 0 Å². The third kappa shape index (κ3) is 2.44. The molecule has 5 nitrogen and oxygen atoms in total. The fraction of sp³-hybridized carbons (Fsp3) is 0.300. The lowest BCUT2D eigenvalue weighted by molar-refractivity contribution is -0.117. The molecule has 2 heterocycles. The molecule has 1 saturated heterocycles. The number of hydrogen-bond donors (Lipinski definition) is 2. The van der Waals surface area contributed by atoms with Crippen molar-refractivity contribution in [2.24, 2.45) is 0 Å². The van der Waals surface area contributed by atoms with Crippen molar-refractivity contribution in [3.8, 4) is 0 Å². The van der Waals surface area contributed by atoms with Gasteiger partial charge in [0.15, 0.2) is 5.69 Å². The summed E-state index contributed by atoms with van der Waals surface area (Å²) in [6.07, 6.45) is 0.350. The summed E-state index contributed by atoms with van der Waals surface area (Å²) in [5.74, 6) is -0.865. The quantitative estimate of drug-likeness (QED) is 0.813. The van der Waals surface area contributed by atoms with Gasteiger partial charge in [0.25, 0.3) is 0 Å². The van der Waals surface area contributed by atoms with E-state index in [1.54, 1.807) is 12.1 Å². The van der Waals surface area contributed by atoms with Crippen molar-refractivity contribution in [3.05, 3.63) is 22.3 Å². The number of aromatic carboxylic acids is 1. The smallest absolute Gasteiger partial charge is 0.355 e. The number of nitrogens with zero attached hydrogens (tertiary/aromatic N) is 2. The van der Waals surface area contributed by atoms with Gasteiger partial charge in [-0.15, -0.1) is 0 Å². The number of halogens is 1. The van der Waals surface area contributed by atoms with Crippen molar-refractivity contribution in [3.63, 3.8) is 0 Å². The van der Waals surface area contributed by atoms with Crippen LogP contribution in [0.3, 0.4) is 0 Å². The van der Waals surface area contributed by atoms with Gasteiger partial charge in [-0.05, 0) is 28.1 Å². The summed E-state index contributed by atoms with van der Waals surface area (Å²) in [4.78, 5) is 28.0. The molecule has 1 aromatic rings. The molecule has 1 aliphatic rings. The second kappa shape index (κ2) is 4.66. The first-order valence-electron chi connectivity index (χ1n) is 4.87. The molecule has 1 unspecified atom stereocenters. The van der Waals surface area contributed by atoms with Crippen LogP contribution < -0.4 is 4.90 Å². The molecular weight excluding hydrogens is 308 g/mol. The van der Waals surface area contributed by atoms with E-state index in [0.29, 0.717) is 23.3 Å². The summed E-state index contributed by atoms with van der Waals surface area (Å²) in [6, 6.07) is 3.19. The first-order chi connectivity index (χ1) is 7.99. The SMILES string of the molecule is O=C(O)c1nc(N2CC(S)CC2=O)ccc1Br. The van der Waals surface area contributed by atoms with Crippen LogP contribution in [-0.2, 0) is 4.79 Å². The largest absolute Gasteiger partial charge is 0.476 e. The molecule has 7 heteroatoms. The monoisotopic (exact) mass is 316 g/mol. The molecule has 0 radical (unpaired) electrons. The van der Waals surface area contributed by atoms with Gasteiger partial charge in [0.2, 0.25) is 5.91 Å². The molecule has 1 amide bonds. The van der Waals surface area contributed by atoms with E-state index in [4.69, 9.17) is 5.11 Å². The summed E-state index contributed by atoms with van der Waals surface area (Å²) in [5.41, 5.74) is -0.0992. The van der Waals surface area contributed by atoms with Gasteiger partial charge < -0.3 is 5.11 Å². The number of anilines is 1. The van der Waals surface area contributed by atoms with Crippen LogP contribution in [0, 0.1) is 0 Å². The number of rotatable bonds is 2. The third-order valence-corrected chi connectivity index (χ3v) is 3.40. The van der Waals surface area contributed by atoms with Crippen LogP contribution in [0.1, 0.15) is 16.9 Å². The highest BCUT2D eigenvalue weighted by Gasteiger charge is 2.29. The van der Waals surface area contributed by atoms with Crippen molar-refractivity contribution in [1.29, 1.82) is 0 Å². The fourth-order valence-electron chi connectivity index (χ4n) is 1.64. The number of carbonyl (C=O) groups excluding carboxylic acids is 1. The Morgan fingerprint density at radius 2 is 2.29 bits per heavy atom. The second-order valence-corrected chi connectivity index (χ2v) is 5.25. The maximum Gasteiger partial charge on any atom is 0.355 e. The molecule has 0 bridgehead atoms. The average molecular weight is 317 g/mol. The number of amides is 1. The Balaban J connectivity index is 2.37. The summed E-state index contributed by atoms with van der Waals surface area (Å²) in [6.45, 7) is 0.454. The Hall–Kier alpha value is -1.08. The predicted molar refractivity (Wildman–Crippen MR) is 68.6 cm³/mol. The van der Waals surface area contributed by atoms with Crippen molar-refractivity contribution in [2.75, 3.05) is 11.4 Å². The van der Waals surface area contributed by atoms with Gasteiger partial charge in [-0.3, -0.25) is 9.69 Å². The zero-order valence-electron chi connectivity index (χ0n) is 8.63. The zero-order chi connectivity index (χ0) is 12.6. The van der Waals surface area contributed by atoms with E-state index in [9.17, 15) is 9.59 Å². The number of thiol groups is 1. The second-order valence-electron chi connectivity index (χ2n) is 3.67. The van der Waals surface area contributed by atoms with Crippen LogP contribution in [0.4, 0.5) is 5.82 Å². The van der Waals surface area contributed by atoms with E-state index in [1.165, 1.54) is 4.90 Å². The van der Waals surface area contributed by atoms with E-state index in [1.807, 2.05) is 0 Å². The van der Waals surface area contributed by atoms with Crippen molar-refractivity contribution in [2.45, 2.75) is 11.7 Å². The summed E-state index contributed by atoms with van der Waals surface area (Å²) >= 11 is 7.34. The lowest BCUT2D eigenvalue weighted by Gasteiger charge is -2.15. The van der Waals surface area contributed by atoms with E-state index >= 15 is 0 Å². The molecule has 90 valence electrons. The lowest BCUT2D eigenvalue weighted by atomic mass is 10.3. The molecule has 17 heavy (non-hydrogen) atoms. The maximum absolute atomic E-state index is 11.6. The molecule has 1 aromatic heterocycles. The summed E-state index contributed by atoms with van der Waals surface area (Å²) in [5, 5.41) is 8.91. The molecule has 0 aliphatic carbocycles. The van der Waals surface area contributed by atoms with E-state index < -0.39 is 5.97 Å². The number of aromatic nitrogens is 1. The van der Waals surface area contributed by atoms with E-state index in [0.717, 1.165) is 0 Å². The van der Waals surface area contributed by atoms with Gasteiger partial charge in [0.1, 0.15) is 5.82 Å². The Morgan fingerprint density at radius 1 is 1.59 bits per heavy atom. The molecule has 1 fully saturated rings. The van der Waals surface area contributed by atoms with Crippen LogP contribution >= 0.6 is 28.6 Å². The molecule has 0 spiro atoms. The third-order valence-electron chi connectivity index (χ3n) is 2.42. The van der Waals surface area contributed by atoms with Gasteiger partial charge in [-0.25, -0.2) is 9.78 Å². The standard InChI is InChI=1S/C10H9BrN2O3S/c11-6-1-2-7(12-9(6)10(15)16)13-4-5(17)3-8(13)14/h1-2,5,17H,3-4H2,(H,15,16). The van der Waals surface area contributed by atoms with Gasteiger partial charge in [-0.2, -0.15) is 12.6 Å². The van der Waals surface area contributed by atoms with Crippen LogP contribution in [0.2, 0.25) is 0 Å². The molecule has 2 rings (SSSR count). The molecule has 1 N–H and O–H groups in total. The molecular formula is C10H9BrN2O3S. The molecule has 0 aromatic carbocycles. The topological polar surface area (TPSA) is 70.5 Å². The lowest BCUT2D eigenvalue weighted by Crippen LogP contribution is -2.26. The number of carboxylic acid groups (broad SMARTS) is 1. The van der Waals surface area contributed by atoms with Gasteiger partial charge in [0.05, 0.1) is 4.47 Å². The predicted octanol–water partition coefficient (Wildman–Crippen LogP) is 1.58. The van der Waals surface area contributed by atoms with Crippen molar-refractivity contribution < 1.29 is 14.7 Å². The highest BCUT2D eigenvalue weighted by molar-refractivity contribution is 9.10. The fourth-order valence-corrected chi connectivity index (χ4v) is 2.35. The number of pyridine rings is 1. The Morgan fingerprint density at radius 3 is 2.82 bits per heavy atom. The Labute approximate surface area is 111 Å². The van der Waals surface area contributed by atoms with Crippen LogP contribution in [0.15, 0.2) is 16.6 Å². The van der Waals surface area contributed by atoms with Crippen molar-refractivity contribution in [1.82, 2.24) is 4.98 Å². The average Bonchev–Trinajstić information content (AvgIpc) is 2.58. The number of carboxylic acids is 1. The van der Waals surface area contributed by atoms with Gasteiger partial charge >= 0.3 is 5.97 Å². The van der Waals surface area contributed by atoms with Gasteiger partial charge in [0, 0.05) is 18.2 Å². The van der Waals surface area contributed by atoms with E-state index in [-0.39, 0.29) is 16.9 Å². The summed E-state index contributed by atoms with van der Waals surface area (Å²) < 4.78 is 0.391. The zero-order valence-corrected chi connectivity index (χ0v) is 11.1.